The molecule has 0 unspecified atom stereocenters. The predicted octanol–water partition coefficient (Wildman–Crippen LogP) is 3.14. The lowest BCUT2D eigenvalue weighted by Gasteiger charge is -2.43. The van der Waals surface area contributed by atoms with E-state index in [0.29, 0.717) is 62.2 Å². The number of rotatable bonds is 5. The number of likely N-dealkylation sites (tertiary alicyclic amines) is 2. The van der Waals surface area contributed by atoms with Crippen LogP contribution in [0.25, 0.3) is 11.0 Å². The monoisotopic (exact) mass is 634 g/mol. The maximum absolute atomic E-state index is 14.0. The number of hydrogen-bond donors (Lipinski definition) is 1. The van der Waals surface area contributed by atoms with Crippen LogP contribution >= 0.6 is 15.9 Å². The summed E-state index contributed by atoms with van der Waals surface area (Å²) in [5, 5.41) is 11.9. The lowest BCUT2D eigenvalue weighted by Crippen LogP contribution is -2.53. The second kappa shape index (κ2) is 11.2. The van der Waals surface area contributed by atoms with Crippen LogP contribution in [0.15, 0.2) is 70.5 Å². The Bertz CT molecular complexity index is 1680. The van der Waals surface area contributed by atoms with E-state index in [1.807, 2.05) is 70.9 Å². The van der Waals surface area contributed by atoms with Gasteiger partial charge < -0.3 is 24.0 Å². The number of aryl methyl sites for hydroxylation is 1. The Morgan fingerprint density at radius 2 is 1.76 bits per heavy atom. The minimum Gasteiger partial charge on any atom is -0.388 e. The third-order valence-electron chi connectivity index (χ3n) is 9.05. The molecule has 10 nitrogen and oxygen atoms in total. The Labute approximate surface area is 252 Å². The molecular weight excluding hydrogens is 600 g/mol. The first-order chi connectivity index (χ1) is 20.1. The van der Waals surface area contributed by atoms with Crippen LogP contribution in [0.4, 0.5) is 0 Å². The van der Waals surface area contributed by atoms with Gasteiger partial charge in [0.25, 0.3) is 11.5 Å². The summed E-state index contributed by atoms with van der Waals surface area (Å²) in [6, 6.07) is 15.4. The van der Waals surface area contributed by atoms with E-state index in [4.69, 9.17) is 0 Å². The van der Waals surface area contributed by atoms with Gasteiger partial charge in [0.1, 0.15) is 17.7 Å². The molecule has 2 saturated heterocycles. The first-order valence-corrected chi connectivity index (χ1v) is 15.1. The van der Waals surface area contributed by atoms with Crippen molar-refractivity contribution < 1.29 is 14.7 Å². The van der Waals surface area contributed by atoms with Gasteiger partial charge >= 0.3 is 0 Å². The first kappa shape index (κ1) is 28.4. The third-order valence-corrected chi connectivity index (χ3v) is 9.84. The van der Waals surface area contributed by atoms with Gasteiger partial charge in [-0.25, -0.2) is 4.98 Å². The molecule has 2 fully saturated rings. The van der Waals surface area contributed by atoms with Gasteiger partial charge in [-0.2, -0.15) is 0 Å². The van der Waals surface area contributed by atoms with Gasteiger partial charge in [0.05, 0.1) is 22.1 Å². The van der Waals surface area contributed by atoms with Crippen LogP contribution in [0.3, 0.4) is 0 Å². The molecule has 0 saturated carbocycles. The van der Waals surface area contributed by atoms with Crippen LogP contribution in [-0.4, -0.2) is 77.2 Å². The number of aromatic nitrogens is 4. The van der Waals surface area contributed by atoms with Crippen molar-refractivity contribution in [1.29, 1.82) is 0 Å². The Morgan fingerprint density at radius 3 is 2.45 bits per heavy atom. The predicted molar refractivity (Wildman–Crippen MR) is 162 cm³/mol. The van der Waals surface area contributed by atoms with E-state index < -0.39 is 5.60 Å². The molecule has 42 heavy (non-hydrogen) atoms. The average molecular weight is 636 g/mol. The van der Waals surface area contributed by atoms with Crippen molar-refractivity contribution in [1.82, 2.24) is 28.5 Å². The van der Waals surface area contributed by atoms with E-state index in [9.17, 15) is 19.5 Å². The molecule has 6 rings (SSSR count). The van der Waals surface area contributed by atoms with Crippen LogP contribution in [-0.2, 0) is 25.4 Å². The Kier molecular flexibility index (Phi) is 7.57. The lowest BCUT2D eigenvalue weighted by atomic mass is 9.79. The van der Waals surface area contributed by atoms with Crippen molar-refractivity contribution in [3.63, 3.8) is 0 Å². The van der Waals surface area contributed by atoms with E-state index in [2.05, 4.69) is 20.9 Å². The molecule has 2 amide bonds. The average Bonchev–Trinajstić information content (AvgIpc) is 3.55. The zero-order chi connectivity index (χ0) is 29.6. The Balaban J connectivity index is 1.16. The van der Waals surface area contributed by atoms with Gasteiger partial charge in [-0.05, 0) is 59.0 Å². The largest absolute Gasteiger partial charge is 0.388 e. The summed E-state index contributed by atoms with van der Waals surface area (Å²) in [6.07, 6.45) is 4.59. The summed E-state index contributed by atoms with van der Waals surface area (Å²) >= 11 is 3.47. The lowest BCUT2D eigenvalue weighted by molar-refractivity contribution is -0.142. The standard InChI is InChI=1S/C31H35BrN6O4/c1-34-14-10-23-27(34)33-20-38(29(23)40)19-31(42)12-16-36(17-13-31)28(39)22-11-15-37(18-24(22)21-6-4-3-5-7-21)30(41)25-8-9-26(32)35(25)2/h3-10,14,20,22,24,42H,11-13,15-19H2,1-2H3/t22-,24+/m1/s1. The smallest absolute Gasteiger partial charge is 0.270 e. The summed E-state index contributed by atoms with van der Waals surface area (Å²) in [5.74, 6) is -0.390. The second-order valence-electron chi connectivity index (χ2n) is 11.7. The van der Waals surface area contributed by atoms with Crippen LogP contribution in [0.2, 0.25) is 0 Å². The molecule has 3 aromatic heterocycles. The molecule has 1 N–H and O–H groups in total. The van der Waals surface area contributed by atoms with Crippen molar-refractivity contribution >= 4 is 38.8 Å². The Morgan fingerprint density at radius 1 is 1.02 bits per heavy atom. The normalized spacial score (nSPS) is 20.7. The van der Waals surface area contributed by atoms with E-state index in [0.717, 1.165) is 10.2 Å². The highest BCUT2D eigenvalue weighted by Crippen LogP contribution is 2.36. The van der Waals surface area contributed by atoms with Gasteiger partial charge in [0.15, 0.2) is 0 Å². The molecule has 0 bridgehead atoms. The number of nitrogens with zero attached hydrogens (tertiary/aromatic N) is 6. The summed E-state index contributed by atoms with van der Waals surface area (Å²) in [5.41, 5.74) is 0.971. The van der Waals surface area contributed by atoms with E-state index in [-0.39, 0.29) is 35.8 Å². The maximum Gasteiger partial charge on any atom is 0.270 e. The fraction of sp³-hybridized carbons (Fsp3) is 0.419. The van der Waals surface area contributed by atoms with Crippen molar-refractivity contribution in [3.05, 3.63) is 87.3 Å². The number of benzene rings is 1. The van der Waals surface area contributed by atoms with Crippen molar-refractivity contribution in [2.75, 3.05) is 26.2 Å². The molecule has 11 heteroatoms. The minimum atomic E-state index is -1.11. The number of fused-ring (bicyclic) bond motifs is 1. The number of halogens is 1. The first-order valence-electron chi connectivity index (χ1n) is 14.3. The summed E-state index contributed by atoms with van der Waals surface area (Å²) < 4.78 is 5.93. The number of carbonyl (C=O) groups is 2. The Hall–Kier alpha value is -3.70. The molecule has 1 aromatic carbocycles. The molecule has 2 aliphatic heterocycles. The van der Waals surface area contributed by atoms with Crippen molar-refractivity contribution in [3.8, 4) is 0 Å². The van der Waals surface area contributed by atoms with Crippen LogP contribution < -0.4 is 5.56 Å². The highest BCUT2D eigenvalue weighted by atomic mass is 79.9. The van der Waals surface area contributed by atoms with Crippen molar-refractivity contribution in [2.24, 2.45) is 20.0 Å². The maximum atomic E-state index is 14.0. The van der Waals surface area contributed by atoms with Gasteiger partial charge in [-0.15, -0.1) is 0 Å². The van der Waals surface area contributed by atoms with Gasteiger partial charge in [-0.1, -0.05) is 30.3 Å². The zero-order valence-electron chi connectivity index (χ0n) is 23.8. The fourth-order valence-corrected chi connectivity index (χ4v) is 6.80. The minimum absolute atomic E-state index is 0.0449. The molecule has 5 heterocycles. The molecule has 2 atom stereocenters. The molecule has 0 aliphatic carbocycles. The van der Waals surface area contributed by atoms with E-state index in [1.54, 1.807) is 16.8 Å². The molecule has 4 aromatic rings. The summed E-state index contributed by atoms with van der Waals surface area (Å²) in [4.78, 5) is 48.5. The van der Waals surface area contributed by atoms with Crippen molar-refractivity contribution in [2.45, 2.75) is 37.3 Å². The van der Waals surface area contributed by atoms with Crippen LogP contribution in [0, 0.1) is 5.92 Å². The topological polar surface area (TPSA) is 106 Å². The van der Waals surface area contributed by atoms with E-state index >= 15 is 0 Å². The molecular formula is C31H35BrN6O4. The van der Waals surface area contributed by atoms with Crippen LogP contribution in [0.1, 0.15) is 41.2 Å². The fourth-order valence-electron chi connectivity index (χ4n) is 6.48. The quantitative estimate of drug-likeness (QED) is 0.363. The number of aliphatic hydroxyl groups is 1. The third kappa shape index (κ3) is 5.20. The van der Waals surface area contributed by atoms with E-state index in [1.165, 1.54) is 10.9 Å². The summed E-state index contributed by atoms with van der Waals surface area (Å²) in [7, 11) is 3.69. The van der Waals surface area contributed by atoms with Gasteiger partial charge in [0.2, 0.25) is 5.91 Å². The summed E-state index contributed by atoms with van der Waals surface area (Å²) in [6.45, 7) is 1.90. The number of piperidine rings is 2. The highest BCUT2D eigenvalue weighted by Gasteiger charge is 2.42. The SMILES string of the molecule is Cn1c(Br)ccc1C(=O)N1CC[C@@H](C(=O)N2CCC(O)(Cn3cnc4c(ccn4C)c3=O)CC2)[C@H](c2ccccc2)C1. The highest BCUT2D eigenvalue weighted by molar-refractivity contribution is 9.10. The number of carbonyl (C=O) groups excluding carboxylic acids is 2. The molecule has 220 valence electrons. The van der Waals surface area contributed by atoms with Crippen LogP contribution in [0.5, 0.6) is 0 Å². The molecule has 0 radical (unpaired) electrons. The van der Waals surface area contributed by atoms with Gasteiger partial charge in [-0.3, -0.25) is 19.0 Å². The second-order valence-corrected chi connectivity index (χ2v) is 12.5. The number of hydrogen-bond acceptors (Lipinski definition) is 5. The molecule has 2 aliphatic rings. The number of amides is 2. The van der Waals surface area contributed by atoms with Gasteiger partial charge in [0, 0.05) is 58.3 Å². The zero-order valence-corrected chi connectivity index (χ0v) is 25.4. The molecule has 0 spiro atoms.